The number of aromatic nitrogens is 3. The van der Waals surface area contributed by atoms with E-state index in [4.69, 9.17) is 5.73 Å². The van der Waals surface area contributed by atoms with Crippen molar-refractivity contribution in [2.45, 2.75) is 0 Å². The Morgan fingerprint density at radius 1 is 1.03 bits per heavy atom. The van der Waals surface area contributed by atoms with Gasteiger partial charge in [-0.05, 0) is 35.2 Å². The molecule has 4 aromatic rings. The number of thiazole rings is 1. The number of nitrogens with zero attached hydrogens (tertiary/aromatic N) is 5. The average molecular weight is 478 g/mol. The van der Waals surface area contributed by atoms with Gasteiger partial charge in [-0.1, -0.05) is 23.5 Å². The zero-order valence-electron chi connectivity index (χ0n) is 18.4. The largest absolute Gasteiger partial charge is 0.375 e. The fourth-order valence-electron chi connectivity index (χ4n) is 4.02. The number of pyridine rings is 2. The van der Waals surface area contributed by atoms with Gasteiger partial charge in [0.05, 0.1) is 4.88 Å². The number of piperazine rings is 1. The Bertz CT molecular complexity index is 1320. The van der Waals surface area contributed by atoms with Crippen molar-refractivity contribution in [3.63, 3.8) is 0 Å². The molecule has 4 heterocycles. The summed E-state index contributed by atoms with van der Waals surface area (Å²) in [5.41, 5.74) is 7.28. The molecule has 5 rings (SSSR count). The molecule has 174 valence electrons. The number of halogens is 1. The molecule has 0 radical (unpaired) electrons. The minimum Gasteiger partial charge on any atom is -0.375 e. The molecular weight excluding hydrogens is 453 g/mol. The Morgan fingerprint density at radius 3 is 2.65 bits per heavy atom. The van der Waals surface area contributed by atoms with Crippen LogP contribution in [0, 0.1) is 0 Å². The predicted molar refractivity (Wildman–Crippen MR) is 134 cm³/mol. The van der Waals surface area contributed by atoms with Gasteiger partial charge >= 0.3 is 0 Å². The van der Waals surface area contributed by atoms with Crippen molar-refractivity contribution < 1.29 is 9.18 Å². The first-order valence-electron chi connectivity index (χ1n) is 11.0. The van der Waals surface area contributed by atoms with E-state index in [1.165, 1.54) is 11.3 Å². The lowest BCUT2D eigenvalue weighted by Crippen LogP contribution is -2.47. The molecule has 1 saturated heterocycles. The third-order valence-corrected chi connectivity index (χ3v) is 6.75. The average Bonchev–Trinajstić information content (AvgIpc) is 3.30. The van der Waals surface area contributed by atoms with E-state index in [2.05, 4.69) is 30.1 Å². The summed E-state index contributed by atoms with van der Waals surface area (Å²) in [5, 5.41) is 5.34. The van der Waals surface area contributed by atoms with Crippen molar-refractivity contribution in [1.29, 1.82) is 0 Å². The summed E-state index contributed by atoms with van der Waals surface area (Å²) < 4.78 is 12.6. The van der Waals surface area contributed by atoms with Crippen LogP contribution in [0.2, 0.25) is 0 Å². The highest BCUT2D eigenvalue weighted by Gasteiger charge is 2.19. The second-order valence-corrected chi connectivity index (χ2v) is 9.13. The highest BCUT2D eigenvalue weighted by atomic mass is 32.1. The molecule has 0 unspecified atom stereocenters. The first-order chi connectivity index (χ1) is 16.6. The second kappa shape index (κ2) is 9.70. The number of carbonyl (C=O) groups excluding carboxylic acids is 1. The number of hydrogen-bond donors (Lipinski definition) is 2. The topological polar surface area (TPSA) is 100 Å². The van der Waals surface area contributed by atoms with E-state index in [1.807, 2.05) is 24.3 Å². The van der Waals surface area contributed by atoms with Crippen molar-refractivity contribution >= 4 is 44.8 Å². The first-order valence-corrected chi connectivity index (χ1v) is 11.8. The highest BCUT2D eigenvalue weighted by molar-refractivity contribution is 7.18. The number of nitrogens with two attached hydrogens (primary N) is 1. The monoisotopic (exact) mass is 477 g/mol. The maximum absolute atomic E-state index is 12.9. The van der Waals surface area contributed by atoms with Crippen molar-refractivity contribution in [2.75, 3.05) is 55.3 Å². The van der Waals surface area contributed by atoms with Gasteiger partial charge in [0.1, 0.15) is 18.3 Å². The molecule has 0 spiro atoms. The van der Waals surface area contributed by atoms with Gasteiger partial charge in [0.15, 0.2) is 5.13 Å². The summed E-state index contributed by atoms with van der Waals surface area (Å²) in [7, 11) is 0. The van der Waals surface area contributed by atoms with Crippen molar-refractivity contribution in [2.24, 2.45) is 0 Å². The van der Waals surface area contributed by atoms with Crippen LogP contribution in [0.3, 0.4) is 0 Å². The lowest BCUT2D eigenvalue weighted by atomic mass is 10.1. The number of nitrogens with one attached hydrogen (secondary N) is 1. The van der Waals surface area contributed by atoms with Gasteiger partial charge in [-0.2, -0.15) is 0 Å². The molecule has 1 aliphatic heterocycles. The van der Waals surface area contributed by atoms with Gasteiger partial charge in [-0.3, -0.25) is 9.69 Å². The number of rotatable bonds is 6. The summed E-state index contributed by atoms with van der Waals surface area (Å²) >= 11 is 1.43. The SMILES string of the molecule is Nc1ncc(-c2ccc3cnc(NC(=O)c4ccnc(N5CCN(CCF)CC5)c4)cc3c2)s1. The minimum atomic E-state index is -0.335. The van der Waals surface area contributed by atoms with Gasteiger partial charge in [0.25, 0.3) is 5.91 Å². The van der Waals surface area contributed by atoms with E-state index in [-0.39, 0.29) is 12.6 Å². The van der Waals surface area contributed by atoms with E-state index in [0.717, 1.165) is 53.2 Å². The molecule has 0 aliphatic carbocycles. The Morgan fingerprint density at radius 2 is 1.88 bits per heavy atom. The molecule has 0 bridgehead atoms. The molecule has 0 atom stereocenters. The van der Waals surface area contributed by atoms with E-state index in [9.17, 15) is 9.18 Å². The fourth-order valence-corrected chi connectivity index (χ4v) is 4.71. The fraction of sp³-hybridized carbons (Fsp3) is 0.250. The Kier molecular flexibility index (Phi) is 6.33. The van der Waals surface area contributed by atoms with Crippen LogP contribution < -0.4 is 16.0 Å². The maximum Gasteiger partial charge on any atom is 0.257 e. The number of anilines is 3. The summed E-state index contributed by atoms with van der Waals surface area (Å²) in [5.74, 6) is 0.960. The van der Waals surface area contributed by atoms with E-state index >= 15 is 0 Å². The minimum absolute atomic E-state index is 0.252. The number of fused-ring (bicyclic) bond motifs is 1. The normalized spacial score (nSPS) is 14.4. The van der Waals surface area contributed by atoms with Gasteiger partial charge in [0, 0.05) is 62.3 Å². The van der Waals surface area contributed by atoms with E-state index in [0.29, 0.717) is 23.1 Å². The molecule has 10 heteroatoms. The molecule has 1 amide bonds. The molecule has 3 aromatic heterocycles. The van der Waals surface area contributed by atoms with Crippen molar-refractivity contribution in [3.05, 3.63) is 60.6 Å². The molecule has 0 saturated carbocycles. The molecule has 8 nitrogen and oxygen atoms in total. The van der Waals surface area contributed by atoms with Crippen LogP contribution in [0.25, 0.3) is 21.2 Å². The molecular formula is C24H24FN7OS. The lowest BCUT2D eigenvalue weighted by Gasteiger charge is -2.35. The number of carbonyl (C=O) groups is 1. The Balaban J connectivity index is 1.31. The van der Waals surface area contributed by atoms with Crippen LogP contribution >= 0.6 is 11.3 Å². The van der Waals surface area contributed by atoms with Crippen LogP contribution in [0.4, 0.5) is 21.2 Å². The van der Waals surface area contributed by atoms with Gasteiger partial charge in [0.2, 0.25) is 0 Å². The molecule has 1 aliphatic rings. The van der Waals surface area contributed by atoms with Crippen LogP contribution in [0.5, 0.6) is 0 Å². The second-order valence-electron chi connectivity index (χ2n) is 8.07. The molecule has 1 aromatic carbocycles. The van der Waals surface area contributed by atoms with Crippen molar-refractivity contribution in [3.8, 4) is 10.4 Å². The zero-order valence-corrected chi connectivity index (χ0v) is 19.3. The highest BCUT2D eigenvalue weighted by Crippen LogP contribution is 2.30. The molecule has 34 heavy (non-hydrogen) atoms. The number of hydrogen-bond acceptors (Lipinski definition) is 8. The van der Waals surface area contributed by atoms with Crippen LogP contribution in [-0.2, 0) is 0 Å². The summed E-state index contributed by atoms with van der Waals surface area (Å²) in [6.45, 7) is 3.18. The Labute approximate surface area is 200 Å². The van der Waals surface area contributed by atoms with Crippen LogP contribution in [-0.4, -0.2) is 65.2 Å². The summed E-state index contributed by atoms with van der Waals surface area (Å²) in [6.07, 6.45) is 5.14. The summed E-state index contributed by atoms with van der Waals surface area (Å²) in [4.78, 5) is 31.1. The van der Waals surface area contributed by atoms with Crippen LogP contribution in [0.15, 0.2) is 55.0 Å². The third-order valence-electron chi connectivity index (χ3n) is 5.88. The number of amides is 1. The smallest absolute Gasteiger partial charge is 0.257 e. The van der Waals surface area contributed by atoms with Crippen molar-refractivity contribution in [1.82, 2.24) is 19.9 Å². The van der Waals surface area contributed by atoms with Gasteiger partial charge in [-0.15, -0.1) is 0 Å². The quantitative estimate of drug-likeness (QED) is 0.437. The standard InChI is InChI=1S/C24H24FN7OS/c25-4-6-31-7-9-32(10-8-31)22-13-17(3-5-27-22)23(33)30-21-12-19-11-16(1-2-18(19)14-28-21)20-15-29-24(26)34-20/h1-3,5,11-15H,4,6-10H2,(H2,26,29)(H,28,30,33). The Hall–Kier alpha value is -3.63. The number of alkyl halides is 1. The molecule has 1 fully saturated rings. The lowest BCUT2D eigenvalue weighted by molar-refractivity contribution is 0.102. The third kappa shape index (κ3) is 4.82. The van der Waals surface area contributed by atoms with Gasteiger partial charge in [-0.25, -0.2) is 19.3 Å². The number of benzene rings is 1. The van der Waals surface area contributed by atoms with E-state index < -0.39 is 0 Å². The van der Waals surface area contributed by atoms with Gasteiger partial charge < -0.3 is 16.0 Å². The number of nitrogen functional groups attached to an aromatic ring is 1. The molecule has 3 N–H and O–H groups in total. The van der Waals surface area contributed by atoms with E-state index in [1.54, 1.807) is 30.7 Å². The first kappa shape index (κ1) is 22.2. The zero-order chi connectivity index (χ0) is 23.5. The summed E-state index contributed by atoms with van der Waals surface area (Å²) in [6, 6.07) is 11.4. The predicted octanol–water partition coefficient (Wildman–Crippen LogP) is 3.68. The van der Waals surface area contributed by atoms with Crippen LogP contribution in [0.1, 0.15) is 10.4 Å². The maximum atomic E-state index is 12.9.